The predicted molar refractivity (Wildman–Crippen MR) is 122 cm³/mol. The molecule has 0 aliphatic carbocycles. The molecule has 1 aromatic heterocycles. The number of furan rings is 1. The maximum atomic E-state index is 13.1. The number of carbonyl (C=O) groups excluding carboxylic acids is 2. The summed E-state index contributed by atoms with van der Waals surface area (Å²) < 4.78 is 5.75. The van der Waals surface area contributed by atoms with Crippen LogP contribution in [0.15, 0.2) is 80.6 Å². The topological polar surface area (TPSA) is 62.6 Å². The Bertz CT molecular complexity index is 1190. The van der Waals surface area contributed by atoms with Crippen molar-refractivity contribution in [2.45, 2.75) is 9.99 Å². The quantitative estimate of drug-likeness (QED) is 0.304. The lowest BCUT2D eigenvalue weighted by molar-refractivity contribution is -0.122. The molecule has 2 aromatic carbocycles. The lowest BCUT2D eigenvalue weighted by atomic mass is 10.1. The van der Waals surface area contributed by atoms with E-state index in [1.54, 1.807) is 30.3 Å². The molecule has 3 aromatic rings. The van der Waals surface area contributed by atoms with E-state index in [0.717, 1.165) is 9.80 Å². The van der Waals surface area contributed by atoms with Crippen molar-refractivity contribution in [3.05, 3.63) is 82.0 Å². The largest absolute Gasteiger partial charge is 0.450 e. The SMILES string of the molecule is O=C1NC(=S)N(c2cccc(Cl)c2Cl)C(=O)/C1=C/c1ccc(Sc2ccccc2)o1. The van der Waals surface area contributed by atoms with E-state index in [9.17, 15) is 9.59 Å². The van der Waals surface area contributed by atoms with E-state index in [0.29, 0.717) is 10.9 Å². The van der Waals surface area contributed by atoms with Crippen molar-refractivity contribution in [3.8, 4) is 0 Å². The van der Waals surface area contributed by atoms with Crippen LogP contribution < -0.4 is 10.2 Å². The molecule has 1 aliphatic rings. The lowest BCUT2D eigenvalue weighted by Crippen LogP contribution is -2.54. The van der Waals surface area contributed by atoms with Crippen molar-refractivity contribution in [1.82, 2.24) is 5.32 Å². The molecule has 30 heavy (non-hydrogen) atoms. The van der Waals surface area contributed by atoms with Crippen LogP contribution in [-0.2, 0) is 9.59 Å². The summed E-state index contributed by atoms with van der Waals surface area (Å²) in [6.07, 6.45) is 1.37. The van der Waals surface area contributed by atoms with Gasteiger partial charge in [0, 0.05) is 4.90 Å². The molecule has 2 heterocycles. The number of carbonyl (C=O) groups is 2. The van der Waals surface area contributed by atoms with Crippen LogP contribution in [0.25, 0.3) is 6.08 Å². The van der Waals surface area contributed by atoms with Crippen LogP contribution in [-0.4, -0.2) is 16.9 Å². The average molecular weight is 475 g/mol. The van der Waals surface area contributed by atoms with E-state index in [1.165, 1.54) is 17.8 Å². The van der Waals surface area contributed by atoms with E-state index in [1.807, 2.05) is 30.3 Å². The average Bonchev–Trinajstić information content (AvgIpc) is 3.16. The van der Waals surface area contributed by atoms with Crippen LogP contribution in [0, 0.1) is 0 Å². The Morgan fingerprint density at radius 1 is 1.00 bits per heavy atom. The molecule has 4 rings (SSSR count). The second kappa shape index (κ2) is 8.65. The highest BCUT2D eigenvalue weighted by atomic mass is 35.5. The number of rotatable bonds is 4. The molecule has 1 aliphatic heterocycles. The Morgan fingerprint density at radius 2 is 1.77 bits per heavy atom. The van der Waals surface area contributed by atoms with Crippen LogP contribution >= 0.6 is 47.2 Å². The summed E-state index contributed by atoms with van der Waals surface area (Å²) in [6, 6.07) is 18.0. The molecule has 1 saturated heterocycles. The molecule has 150 valence electrons. The summed E-state index contributed by atoms with van der Waals surface area (Å²) in [5.74, 6) is -0.883. The van der Waals surface area contributed by atoms with E-state index in [4.69, 9.17) is 39.8 Å². The van der Waals surface area contributed by atoms with Crippen molar-refractivity contribution >= 4 is 75.9 Å². The van der Waals surface area contributed by atoms with Gasteiger partial charge in [-0.05, 0) is 54.7 Å². The molecule has 0 unspecified atom stereocenters. The molecular formula is C21H12Cl2N2O3S2. The number of anilines is 1. The first kappa shape index (κ1) is 20.7. The number of hydrogen-bond donors (Lipinski definition) is 1. The van der Waals surface area contributed by atoms with Gasteiger partial charge in [-0.15, -0.1) is 0 Å². The third kappa shape index (κ3) is 4.15. The van der Waals surface area contributed by atoms with E-state index < -0.39 is 11.8 Å². The summed E-state index contributed by atoms with van der Waals surface area (Å²) in [5.41, 5.74) is 0.148. The van der Waals surface area contributed by atoms with Crippen molar-refractivity contribution in [3.63, 3.8) is 0 Å². The third-order valence-electron chi connectivity index (χ3n) is 4.12. The normalized spacial score (nSPS) is 15.6. The highest BCUT2D eigenvalue weighted by Gasteiger charge is 2.36. The zero-order valence-electron chi connectivity index (χ0n) is 15.1. The van der Waals surface area contributed by atoms with Crippen molar-refractivity contribution in [2.24, 2.45) is 0 Å². The van der Waals surface area contributed by atoms with Gasteiger partial charge in [-0.2, -0.15) is 0 Å². The van der Waals surface area contributed by atoms with Gasteiger partial charge in [-0.1, -0.05) is 59.2 Å². The summed E-state index contributed by atoms with van der Waals surface area (Å²) in [7, 11) is 0. The van der Waals surface area contributed by atoms with E-state index >= 15 is 0 Å². The molecule has 0 bridgehead atoms. The van der Waals surface area contributed by atoms with Gasteiger partial charge in [0.2, 0.25) is 0 Å². The maximum absolute atomic E-state index is 13.1. The summed E-state index contributed by atoms with van der Waals surface area (Å²) in [4.78, 5) is 27.6. The standard InChI is InChI=1S/C21H12Cl2N2O3S2/c22-15-7-4-8-16(18(15)23)25-20(27)14(19(26)24-21(25)29)11-12-9-10-17(28-12)30-13-5-2-1-3-6-13/h1-11H,(H,24,26,29)/b14-11+. The second-order valence-electron chi connectivity index (χ2n) is 6.10. The number of benzene rings is 2. The van der Waals surface area contributed by atoms with Crippen LogP contribution in [0.1, 0.15) is 5.76 Å². The van der Waals surface area contributed by atoms with Gasteiger partial charge in [0.25, 0.3) is 11.8 Å². The van der Waals surface area contributed by atoms with Crippen molar-refractivity contribution < 1.29 is 14.0 Å². The first-order chi connectivity index (χ1) is 14.4. The zero-order valence-corrected chi connectivity index (χ0v) is 18.2. The fraction of sp³-hybridized carbons (Fsp3) is 0. The second-order valence-corrected chi connectivity index (χ2v) is 8.35. The molecule has 1 N–H and O–H groups in total. The van der Waals surface area contributed by atoms with Gasteiger partial charge in [0.1, 0.15) is 11.3 Å². The monoisotopic (exact) mass is 474 g/mol. The fourth-order valence-electron chi connectivity index (χ4n) is 2.76. The highest BCUT2D eigenvalue weighted by Crippen LogP contribution is 2.35. The van der Waals surface area contributed by atoms with Gasteiger partial charge < -0.3 is 4.42 Å². The van der Waals surface area contributed by atoms with Crippen molar-refractivity contribution in [1.29, 1.82) is 0 Å². The lowest BCUT2D eigenvalue weighted by Gasteiger charge is -2.29. The number of amides is 2. The fourth-order valence-corrected chi connectivity index (χ4v) is 4.21. The molecule has 0 atom stereocenters. The van der Waals surface area contributed by atoms with Crippen LogP contribution in [0.5, 0.6) is 0 Å². The Balaban J connectivity index is 1.64. The van der Waals surface area contributed by atoms with Crippen molar-refractivity contribution in [2.75, 3.05) is 4.90 Å². The minimum absolute atomic E-state index is 0.0777. The van der Waals surface area contributed by atoms with E-state index in [2.05, 4.69) is 5.32 Å². The molecule has 1 fully saturated rings. The third-order valence-corrected chi connectivity index (χ3v) is 6.15. The summed E-state index contributed by atoms with van der Waals surface area (Å²) in [5, 5.41) is 3.47. The van der Waals surface area contributed by atoms with Gasteiger partial charge >= 0.3 is 0 Å². The first-order valence-electron chi connectivity index (χ1n) is 8.62. The molecule has 0 saturated carbocycles. The van der Waals surface area contributed by atoms with E-state index in [-0.39, 0.29) is 26.4 Å². The zero-order chi connectivity index (χ0) is 21.3. The Labute approximate surface area is 191 Å². The minimum atomic E-state index is -0.624. The van der Waals surface area contributed by atoms with Crippen LogP contribution in [0.3, 0.4) is 0 Å². The molecule has 9 heteroatoms. The van der Waals surface area contributed by atoms with Crippen LogP contribution in [0.2, 0.25) is 10.0 Å². The maximum Gasteiger partial charge on any atom is 0.270 e. The van der Waals surface area contributed by atoms with Crippen LogP contribution in [0.4, 0.5) is 5.69 Å². The summed E-state index contributed by atoms with van der Waals surface area (Å²) >= 11 is 18.9. The summed E-state index contributed by atoms with van der Waals surface area (Å²) in [6.45, 7) is 0. The Kier molecular flexibility index (Phi) is 5.97. The predicted octanol–water partition coefficient (Wildman–Crippen LogP) is 5.57. The number of hydrogen-bond acceptors (Lipinski definition) is 5. The number of nitrogens with zero attached hydrogens (tertiary/aromatic N) is 1. The van der Waals surface area contributed by atoms with Gasteiger partial charge in [-0.25, -0.2) is 0 Å². The number of nitrogens with one attached hydrogen (secondary N) is 1. The van der Waals surface area contributed by atoms with Gasteiger partial charge in [0.05, 0.1) is 15.7 Å². The van der Waals surface area contributed by atoms with Gasteiger partial charge in [0.15, 0.2) is 10.2 Å². The molecule has 0 spiro atoms. The smallest absolute Gasteiger partial charge is 0.270 e. The molecule has 2 amide bonds. The molecular weight excluding hydrogens is 463 g/mol. The van der Waals surface area contributed by atoms with Gasteiger partial charge in [-0.3, -0.25) is 19.8 Å². The Morgan fingerprint density at radius 3 is 2.53 bits per heavy atom. The first-order valence-corrected chi connectivity index (χ1v) is 10.6. The minimum Gasteiger partial charge on any atom is -0.450 e. The highest BCUT2D eigenvalue weighted by molar-refractivity contribution is 7.99. The Hall–Kier alpha value is -2.58. The molecule has 5 nitrogen and oxygen atoms in total. The number of halogens is 2. The molecule has 0 radical (unpaired) electrons. The number of thiocarbonyl (C=S) groups is 1.